The second-order valence-electron chi connectivity index (χ2n) is 6.37. The number of aromatic amines is 1. The standard InChI is InChI=1S/C21H19N5O2S/c1-28-19-7-3-2-5-17(19)13-26(14-18-6-4-12-29-18)21(27)16-10-8-15(9-11-16)20-22-24-25-23-20/h2-12H,13-14H2,1H3,(H,22,23,24,25). The molecule has 0 saturated heterocycles. The van der Waals surface area contributed by atoms with Crippen molar-refractivity contribution in [3.63, 3.8) is 0 Å². The van der Waals surface area contributed by atoms with Gasteiger partial charge in [0.2, 0.25) is 5.82 Å². The van der Waals surface area contributed by atoms with Gasteiger partial charge < -0.3 is 9.64 Å². The van der Waals surface area contributed by atoms with Crippen molar-refractivity contribution in [2.45, 2.75) is 13.1 Å². The van der Waals surface area contributed by atoms with Gasteiger partial charge in [0.25, 0.3) is 5.91 Å². The predicted octanol–water partition coefficient (Wildman–Crippen LogP) is 3.78. The Morgan fingerprint density at radius 2 is 1.90 bits per heavy atom. The number of H-pyrrole nitrogens is 1. The third-order valence-corrected chi connectivity index (χ3v) is 5.36. The van der Waals surface area contributed by atoms with Gasteiger partial charge in [0.15, 0.2) is 0 Å². The zero-order valence-electron chi connectivity index (χ0n) is 15.8. The van der Waals surface area contributed by atoms with E-state index in [1.165, 1.54) is 0 Å². The highest BCUT2D eigenvalue weighted by molar-refractivity contribution is 7.09. The molecule has 146 valence electrons. The van der Waals surface area contributed by atoms with Crippen LogP contribution in [0.4, 0.5) is 0 Å². The lowest BCUT2D eigenvalue weighted by Crippen LogP contribution is -2.30. The molecule has 0 spiro atoms. The number of thiophene rings is 1. The minimum atomic E-state index is -0.0519. The number of tetrazole rings is 1. The van der Waals surface area contributed by atoms with E-state index in [4.69, 9.17) is 4.74 Å². The average molecular weight is 405 g/mol. The van der Waals surface area contributed by atoms with Crippen molar-refractivity contribution >= 4 is 17.2 Å². The van der Waals surface area contributed by atoms with Gasteiger partial charge in [-0.2, -0.15) is 5.21 Å². The highest BCUT2D eigenvalue weighted by Crippen LogP contribution is 2.23. The van der Waals surface area contributed by atoms with E-state index in [1.807, 2.05) is 58.8 Å². The van der Waals surface area contributed by atoms with Crippen molar-refractivity contribution in [2.75, 3.05) is 7.11 Å². The molecule has 0 atom stereocenters. The number of ether oxygens (including phenoxy) is 1. The van der Waals surface area contributed by atoms with E-state index in [2.05, 4.69) is 20.6 Å². The van der Waals surface area contributed by atoms with Crippen molar-refractivity contribution in [2.24, 2.45) is 0 Å². The normalized spacial score (nSPS) is 10.7. The molecule has 0 aliphatic heterocycles. The van der Waals surface area contributed by atoms with E-state index in [1.54, 1.807) is 30.6 Å². The van der Waals surface area contributed by atoms with Crippen molar-refractivity contribution in [1.29, 1.82) is 0 Å². The van der Waals surface area contributed by atoms with Crippen LogP contribution in [-0.4, -0.2) is 38.5 Å². The number of methoxy groups -OCH3 is 1. The zero-order chi connectivity index (χ0) is 20.1. The molecular formula is C21H19N5O2S. The van der Waals surface area contributed by atoms with Gasteiger partial charge in [-0.05, 0) is 34.9 Å². The van der Waals surface area contributed by atoms with Crippen LogP contribution < -0.4 is 4.74 Å². The van der Waals surface area contributed by atoms with Crippen molar-refractivity contribution in [1.82, 2.24) is 25.5 Å². The average Bonchev–Trinajstić information content (AvgIpc) is 3.48. The second-order valence-corrected chi connectivity index (χ2v) is 7.40. The topological polar surface area (TPSA) is 84.0 Å². The van der Waals surface area contributed by atoms with Crippen LogP contribution in [0.2, 0.25) is 0 Å². The summed E-state index contributed by atoms with van der Waals surface area (Å²) in [5.74, 6) is 1.21. The fraction of sp³-hybridized carbons (Fsp3) is 0.143. The summed E-state index contributed by atoms with van der Waals surface area (Å²) >= 11 is 1.63. The van der Waals surface area contributed by atoms with Gasteiger partial charge in [-0.1, -0.05) is 36.4 Å². The first-order valence-corrected chi connectivity index (χ1v) is 9.90. The first kappa shape index (κ1) is 18.8. The number of carbonyl (C=O) groups excluding carboxylic acids is 1. The SMILES string of the molecule is COc1ccccc1CN(Cc1cccs1)C(=O)c1ccc(-c2nn[nH]n2)cc1. The van der Waals surface area contributed by atoms with E-state index in [0.717, 1.165) is 21.8 Å². The zero-order valence-corrected chi connectivity index (χ0v) is 16.6. The van der Waals surface area contributed by atoms with Crippen LogP contribution in [0.25, 0.3) is 11.4 Å². The van der Waals surface area contributed by atoms with Gasteiger partial charge in [-0.15, -0.1) is 21.5 Å². The molecule has 4 aromatic rings. The predicted molar refractivity (Wildman–Crippen MR) is 111 cm³/mol. The number of rotatable bonds is 7. The minimum absolute atomic E-state index is 0.0519. The summed E-state index contributed by atoms with van der Waals surface area (Å²) in [6, 6.07) is 19.0. The lowest BCUT2D eigenvalue weighted by Gasteiger charge is -2.23. The Kier molecular flexibility index (Phi) is 5.62. The van der Waals surface area contributed by atoms with Crippen molar-refractivity contribution in [3.05, 3.63) is 82.0 Å². The number of nitrogens with one attached hydrogen (secondary N) is 1. The Morgan fingerprint density at radius 1 is 1.07 bits per heavy atom. The molecule has 0 aliphatic carbocycles. The first-order chi connectivity index (χ1) is 14.2. The summed E-state index contributed by atoms with van der Waals surface area (Å²) in [5, 5.41) is 15.9. The maximum absolute atomic E-state index is 13.3. The molecule has 0 aliphatic rings. The Bertz CT molecular complexity index is 1060. The molecule has 2 aromatic heterocycles. The molecule has 2 heterocycles. The molecule has 7 nitrogen and oxygen atoms in total. The van der Waals surface area contributed by atoms with Crippen LogP contribution in [0, 0.1) is 0 Å². The Labute approximate surface area is 172 Å². The number of amides is 1. The Hall–Kier alpha value is -3.52. The fourth-order valence-electron chi connectivity index (χ4n) is 3.06. The summed E-state index contributed by atoms with van der Waals surface area (Å²) in [5.41, 5.74) is 2.36. The van der Waals surface area contributed by atoms with E-state index in [0.29, 0.717) is 24.5 Å². The molecule has 2 aromatic carbocycles. The maximum Gasteiger partial charge on any atom is 0.254 e. The number of para-hydroxylation sites is 1. The lowest BCUT2D eigenvalue weighted by atomic mass is 10.1. The van der Waals surface area contributed by atoms with Gasteiger partial charge in [-0.3, -0.25) is 4.79 Å². The van der Waals surface area contributed by atoms with Crippen molar-refractivity contribution < 1.29 is 9.53 Å². The van der Waals surface area contributed by atoms with Gasteiger partial charge in [0.1, 0.15) is 5.75 Å². The summed E-state index contributed by atoms with van der Waals surface area (Å²) in [4.78, 5) is 16.3. The number of benzene rings is 2. The number of carbonyl (C=O) groups is 1. The molecule has 1 amide bonds. The Balaban J connectivity index is 1.60. The number of hydrogen-bond acceptors (Lipinski definition) is 6. The molecule has 4 rings (SSSR count). The number of aromatic nitrogens is 4. The smallest absolute Gasteiger partial charge is 0.254 e. The summed E-state index contributed by atoms with van der Waals surface area (Å²) in [6.45, 7) is 0.981. The second kappa shape index (κ2) is 8.66. The van der Waals surface area contributed by atoms with Gasteiger partial charge in [0.05, 0.1) is 20.2 Å². The van der Waals surface area contributed by atoms with Crippen LogP contribution in [0.3, 0.4) is 0 Å². The molecule has 29 heavy (non-hydrogen) atoms. The van der Waals surface area contributed by atoms with E-state index in [9.17, 15) is 4.79 Å². The van der Waals surface area contributed by atoms with Gasteiger partial charge in [0, 0.05) is 21.6 Å². The van der Waals surface area contributed by atoms with Crippen LogP contribution in [0.1, 0.15) is 20.8 Å². The quantitative estimate of drug-likeness (QED) is 0.506. The molecule has 0 bridgehead atoms. The minimum Gasteiger partial charge on any atom is -0.496 e. The summed E-state index contributed by atoms with van der Waals surface area (Å²) in [6.07, 6.45) is 0. The maximum atomic E-state index is 13.3. The monoisotopic (exact) mass is 405 g/mol. The molecule has 8 heteroatoms. The first-order valence-electron chi connectivity index (χ1n) is 9.02. The lowest BCUT2D eigenvalue weighted by molar-refractivity contribution is 0.0730. The molecule has 0 radical (unpaired) electrons. The number of hydrogen-bond donors (Lipinski definition) is 1. The molecule has 1 N–H and O–H groups in total. The number of nitrogens with zero attached hydrogens (tertiary/aromatic N) is 4. The summed E-state index contributed by atoms with van der Waals surface area (Å²) in [7, 11) is 1.64. The van der Waals surface area contributed by atoms with Crippen LogP contribution in [0.5, 0.6) is 5.75 Å². The third kappa shape index (κ3) is 4.33. The largest absolute Gasteiger partial charge is 0.496 e. The van der Waals surface area contributed by atoms with Crippen LogP contribution in [0.15, 0.2) is 66.0 Å². The van der Waals surface area contributed by atoms with Gasteiger partial charge >= 0.3 is 0 Å². The van der Waals surface area contributed by atoms with Crippen LogP contribution in [-0.2, 0) is 13.1 Å². The van der Waals surface area contributed by atoms with E-state index < -0.39 is 0 Å². The Morgan fingerprint density at radius 3 is 2.59 bits per heavy atom. The summed E-state index contributed by atoms with van der Waals surface area (Å²) < 4.78 is 5.47. The fourth-order valence-corrected chi connectivity index (χ4v) is 3.78. The third-order valence-electron chi connectivity index (χ3n) is 4.50. The molecule has 0 saturated carbocycles. The highest BCUT2D eigenvalue weighted by atomic mass is 32.1. The molecular weight excluding hydrogens is 386 g/mol. The van der Waals surface area contributed by atoms with Crippen LogP contribution >= 0.6 is 11.3 Å². The van der Waals surface area contributed by atoms with Crippen molar-refractivity contribution in [3.8, 4) is 17.1 Å². The van der Waals surface area contributed by atoms with Gasteiger partial charge in [-0.25, -0.2) is 0 Å². The van der Waals surface area contributed by atoms with E-state index in [-0.39, 0.29) is 5.91 Å². The van der Waals surface area contributed by atoms with E-state index >= 15 is 0 Å². The molecule has 0 fully saturated rings. The molecule has 0 unspecified atom stereocenters. The highest BCUT2D eigenvalue weighted by Gasteiger charge is 2.19.